The van der Waals surface area contributed by atoms with Gasteiger partial charge in [-0.15, -0.1) is 11.3 Å². The molecule has 10 nitrogen and oxygen atoms in total. The van der Waals surface area contributed by atoms with E-state index in [2.05, 4.69) is 34.6 Å². The zero-order chi connectivity index (χ0) is 31.5. The van der Waals surface area contributed by atoms with Crippen molar-refractivity contribution in [1.82, 2.24) is 20.2 Å². The minimum atomic E-state index is -0.638. The normalized spacial score (nSPS) is 16.0. The van der Waals surface area contributed by atoms with Gasteiger partial charge in [0.15, 0.2) is 0 Å². The molecule has 11 heteroatoms. The number of ether oxygens (including phenoxy) is 3. The third-order valence-electron chi connectivity index (χ3n) is 7.97. The van der Waals surface area contributed by atoms with E-state index in [-0.39, 0.29) is 18.2 Å². The Balaban J connectivity index is 0.852. The van der Waals surface area contributed by atoms with Crippen LogP contribution in [0.4, 0.5) is 0 Å². The van der Waals surface area contributed by atoms with E-state index in [1.165, 1.54) is 4.90 Å². The molecule has 0 bridgehead atoms. The fraction of sp³-hybridized carbons (Fsp3) is 0.229. The summed E-state index contributed by atoms with van der Waals surface area (Å²) in [5.41, 5.74) is 5.53. The molecule has 1 fully saturated rings. The predicted octanol–water partition coefficient (Wildman–Crippen LogP) is 5.26. The van der Waals surface area contributed by atoms with Crippen LogP contribution in [0.15, 0.2) is 85.2 Å². The maximum Gasteiger partial charge on any atom is 0.255 e. The number of rotatable bonds is 11. The van der Waals surface area contributed by atoms with Gasteiger partial charge in [0.05, 0.1) is 23.4 Å². The van der Waals surface area contributed by atoms with E-state index in [9.17, 15) is 14.4 Å². The highest BCUT2D eigenvalue weighted by Crippen LogP contribution is 2.34. The van der Waals surface area contributed by atoms with Crippen molar-refractivity contribution in [1.29, 1.82) is 0 Å². The molecular weight excluding hydrogens is 604 g/mol. The summed E-state index contributed by atoms with van der Waals surface area (Å²) >= 11 is 1.63. The minimum Gasteiger partial charge on any atom is -0.491 e. The molecule has 0 saturated carbocycles. The van der Waals surface area contributed by atoms with Crippen LogP contribution in [-0.4, -0.2) is 65.1 Å². The number of carbonyl (C=O) groups is 3. The van der Waals surface area contributed by atoms with Crippen molar-refractivity contribution in [3.63, 3.8) is 0 Å². The molecule has 0 aliphatic carbocycles. The fourth-order valence-electron chi connectivity index (χ4n) is 5.64. The number of fused-ring (bicyclic) bond motifs is 2. The lowest BCUT2D eigenvalue weighted by Gasteiger charge is -2.29. The second-order valence-corrected chi connectivity index (χ2v) is 12.0. The third-order valence-corrected chi connectivity index (χ3v) is 9.04. The van der Waals surface area contributed by atoms with E-state index in [1.54, 1.807) is 29.7 Å². The standard InChI is InChI=1S/C35H30N4O6S/c40-32-12-11-30(33(41)38-32)39-21-25-18-26(7-9-28(25)35(39)42)44-16-14-43-15-17-45-27-8-10-29-31(19-27)46-34(37-29)23-5-3-22(4-6-23)24-2-1-13-36-20-24/h1-10,13,18-20,30H,11-12,14-17,21H2,(H,38,40,41). The van der Waals surface area contributed by atoms with Crippen molar-refractivity contribution in [2.45, 2.75) is 25.4 Å². The topological polar surface area (TPSA) is 120 Å². The zero-order valence-corrected chi connectivity index (χ0v) is 25.6. The molecule has 3 amide bonds. The number of carbonyl (C=O) groups excluding carboxylic acids is 3. The number of nitrogens with zero attached hydrogens (tertiary/aromatic N) is 3. The molecule has 1 unspecified atom stereocenters. The van der Waals surface area contributed by atoms with Crippen molar-refractivity contribution >= 4 is 39.3 Å². The van der Waals surface area contributed by atoms with E-state index < -0.39 is 11.9 Å². The van der Waals surface area contributed by atoms with Crippen LogP contribution in [0.3, 0.4) is 0 Å². The highest BCUT2D eigenvalue weighted by molar-refractivity contribution is 7.21. The van der Waals surface area contributed by atoms with Crippen molar-refractivity contribution < 1.29 is 28.6 Å². The molecule has 1 saturated heterocycles. The van der Waals surface area contributed by atoms with Crippen molar-refractivity contribution in [2.75, 3.05) is 26.4 Å². The van der Waals surface area contributed by atoms with Crippen LogP contribution >= 0.6 is 11.3 Å². The van der Waals surface area contributed by atoms with Gasteiger partial charge in [-0.25, -0.2) is 4.98 Å². The summed E-state index contributed by atoms with van der Waals surface area (Å²) in [5.74, 6) is 0.447. The number of hydrogen-bond donors (Lipinski definition) is 1. The molecule has 1 N–H and O–H groups in total. The van der Waals surface area contributed by atoms with E-state index in [0.717, 1.165) is 43.2 Å². The average Bonchev–Trinajstić information content (AvgIpc) is 3.65. The van der Waals surface area contributed by atoms with Crippen LogP contribution < -0.4 is 14.8 Å². The number of piperidine rings is 1. The molecule has 2 aromatic heterocycles. The SMILES string of the molecule is O=C1CCC(N2Cc3cc(OCCOCCOc4ccc5nc(-c6ccc(-c7cccnc7)cc6)sc5c4)ccc3C2=O)C(=O)N1. The Morgan fingerprint density at radius 1 is 0.848 bits per heavy atom. The Kier molecular flexibility index (Phi) is 8.41. The maximum atomic E-state index is 12.9. The van der Waals surface area contributed by atoms with Gasteiger partial charge in [-0.1, -0.05) is 30.3 Å². The van der Waals surface area contributed by atoms with Crippen LogP contribution in [0.5, 0.6) is 11.5 Å². The lowest BCUT2D eigenvalue weighted by Crippen LogP contribution is -2.52. The fourth-order valence-corrected chi connectivity index (χ4v) is 6.64. The van der Waals surface area contributed by atoms with Gasteiger partial charge in [-0.2, -0.15) is 0 Å². The van der Waals surface area contributed by atoms with E-state index in [1.807, 2.05) is 42.6 Å². The number of nitrogens with one attached hydrogen (secondary N) is 1. The zero-order valence-electron chi connectivity index (χ0n) is 24.8. The maximum absolute atomic E-state index is 12.9. The van der Waals surface area contributed by atoms with Crippen molar-refractivity contribution in [3.8, 4) is 33.2 Å². The molecule has 0 spiro atoms. The van der Waals surface area contributed by atoms with Gasteiger partial charge in [0.2, 0.25) is 11.8 Å². The van der Waals surface area contributed by atoms with Gasteiger partial charge in [-0.3, -0.25) is 24.7 Å². The first kappa shape index (κ1) is 29.6. The number of amides is 3. The molecule has 2 aliphatic rings. The van der Waals surface area contributed by atoms with Crippen molar-refractivity contribution in [3.05, 3.63) is 96.3 Å². The Morgan fingerprint density at radius 3 is 2.37 bits per heavy atom. The first-order chi connectivity index (χ1) is 22.5. The summed E-state index contributed by atoms with van der Waals surface area (Å²) < 4.78 is 18.5. The van der Waals surface area contributed by atoms with E-state index >= 15 is 0 Å². The van der Waals surface area contributed by atoms with E-state index in [0.29, 0.717) is 50.7 Å². The lowest BCUT2D eigenvalue weighted by molar-refractivity contribution is -0.136. The van der Waals surface area contributed by atoms with E-state index in [4.69, 9.17) is 19.2 Å². The van der Waals surface area contributed by atoms with Crippen LogP contribution in [-0.2, 0) is 20.9 Å². The average molecular weight is 635 g/mol. The van der Waals surface area contributed by atoms with Gasteiger partial charge < -0.3 is 19.1 Å². The second-order valence-electron chi connectivity index (χ2n) is 11.0. The Morgan fingerprint density at radius 2 is 1.61 bits per heavy atom. The van der Waals surface area contributed by atoms with Crippen molar-refractivity contribution in [2.24, 2.45) is 0 Å². The molecule has 5 aromatic rings. The number of pyridine rings is 1. The first-order valence-electron chi connectivity index (χ1n) is 15.0. The van der Waals surface area contributed by atoms with Gasteiger partial charge in [0.1, 0.15) is 35.8 Å². The minimum absolute atomic E-state index is 0.207. The lowest BCUT2D eigenvalue weighted by atomic mass is 10.0. The summed E-state index contributed by atoms with van der Waals surface area (Å²) in [6, 6.07) is 22.9. The Bertz CT molecular complexity index is 1910. The molecule has 46 heavy (non-hydrogen) atoms. The summed E-state index contributed by atoms with van der Waals surface area (Å²) in [4.78, 5) is 47.1. The number of benzene rings is 3. The van der Waals surface area contributed by atoms with Gasteiger partial charge in [0.25, 0.3) is 5.91 Å². The highest BCUT2D eigenvalue weighted by atomic mass is 32.1. The van der Waals surface area contributed by atoms with Crippen LogP contribution in [0.1, 0.15) is 28.8 Å². The molecule has 232 valence electrons. The molecule has 0 radical (unpaired) electrons. The number of aromatic nitrogens is 2. The molecule has 2 aliphatic heterocycles. The molecule has 1 atom stereocenters. The van der Waals surface area contributed by atoms with Crippen LogP contribution in [0.25, 0.3) is 31.9 Å². The smallest absolute Gasteiger partial charge is 0.255 e. The third kappa shape index (κ3) is 6.33. The Hall–Kier alpha value is -5.13. The van der Waals surface area contributed by atoms with Crippen LogP contribution in [0.2, 0.25) is 0 Å². The van der Waals surface area contributed by atoms with Gasteiger partial charge in [-0.05, 0) is 65.6 Å². The second kappa shape index (κ2) is 13.1. The molecule has 7 rings (SSSR count). The number of imide groups is 1. The summed E-state index contributed by atoms with van der Waals surface area (Å²) in [7, 11) is 0. The van der Waals surface area contributed by atoms with Gasteiger partial charge >= 0.3 is 0 Å². The number of hydrogen-bond acceptors (Lipinski definition) is 9. The summed E-state index contributed by atoms with van der Waals surface area (Å²) in [5, 5.41) is 3.27. The number of thiazole rings is 1. The summed E-state index contributed by atoms with van der Waals surface area (Å²) in [6.45, 7) is 1.81. The molecule has 3 aromatic carbocycles. The quantitative estimate of drug-likeness (QED) is 0.154. The highest BCUT2D eigenvalue weighted by Gasteiger charge is 2.39. The largest absolute Gasteiger partial charge is 0.491 e. The Labute approximate surface area is 269 Å². The van der Waals surface area contributed by atoms with Crippen LogP contribution in [0, 0.1) is 0 Å². The molecular formula is C35H30N4O6S. The summed E-state index contributed by atoms with van der Waals surface area (Å²) in [6.07, 6.45) is 4.18. The molecule has 4 heterocycles. The predicted molar refractivity (Wildman–Crippen MR) is 173 cm³/mol. The van der Waals surface area contributed by atoms with Gasteiger partial charge in [0, 0.05) is 36.5 Å². The first-order valence-corrected chi connectivity index (χ1v) is 15.9. The monoisotopic (exact) mass is 634 g/mol.